The van der Waals surface area contributed by atoms with Crippen molar-refractivity contribution < 1.29 is 18.6 Å². The quantitative estimate of drug-likeness (QED) is 0.416. The molecule has 19 heavy (non-hydrogen) atoms. The molecule has 2 rings (SSSR count). The van der Waals surface area contributed by atoms with Gasteiger partial charge in [-0.2, -0.15) is 12.8 Å². The van der Waals surface area contributed by atoms with Gasteiger partial charge >= 0.3 is 18.6 Å². The molecule has 0 N–H and O–H groups in total. The second-order valence-electron chi connectivity index (χ2n) is 3.71. The van der Waals surface area contributed by atoms with E-state index in [9.17, 15) is 0 Å². The normalized spacial score (nSPS) is 14.8. The first-order valence-electron chi connectivity index (χ1n) is 8.20. The predicted molar refractivity (Wildman–Crippen MR) is 88.7 cm³/mol. The van der Waals surface area contributed by atoms with Crippen LogP contribution in [-0.2, 0) is 18.6 Å². The zero-order valence-electron chi connectivity index (χ0n) is 14.6. The topological polar surface area (TPSA) is 0 Å². The molecule has 0 nitrogen and oxygen atoms in total. The molecule has 0 unspecified atom stereocenters. The Hall–Kier alpha value is 0.194. The van der Waals surface area contributed by atoms with Crippen molar-refractivity contribution in [3.05, 3.63) is 24.5 Å². The van der Waals surface area contributed by atoms with Crippen LogP contribution in [0.25, 0.3) is 0 Å². The zero-order valence-corrected chi connectivity index (χ0v) is 16.0. The summed E-state index contributed by atoms with van der Waals surface area (Å²) in [6, 6.07) is 0. The van der Waals surface area contributed by atoms with Gasteiger partial charge in [-0.3, -0.25) is 0 Å². The van der Waals surface area contributed by atoms with E-state index in [-0.39, 0.29) is 18.6 Å². The van der Waals surface area contributed by atoms with Gasteiger partial charge in [0.15, 0.2) is 0 Å². The Balaban J connectivity index is -0.0000000825. The molecular weight excluding hydrogens is 267 g/mol. The first kappa shape index (κ1) is 27.5. The Bertz CT molecular complexity index is 123. The summed E-state index contributed by atoms with van der Waals surface area (Å²) in [5.74, 6) is 0. The summed E-state index contributed by atoms with van der Waals surface area (Å²) in [6.07, 6.45) is 16.5. The molecule has 1 saturated carbocycles. The molecule has 0 bridgehead atoms. The molecule has 0 saturated heterocycles. The maximum absolute atomic E-state index is 2.39. The van der Waals surface area contributed by atoms with Crippen LogP contribution in [0.3, 0.4) is 0 Å². The third-order valence-electron chi connectivity index (χ3n) is 2.42. The first-order chi connectivity index (χ1) is 8.89. The van der Waals surface area contributed by atoms with E-state index in [1.54, 1.807) is 0 Å². The van der Waals surface area contributed by atoms with Crippen LogP contribution in [0, 0.1) is 12.8 Å². The van der Waals surface area contributed by atoms with E-state index in [2.05, 4.69) is 25.8 Å². The Morgan fingerprint density at radius 1 is 0.789 bits per heavy atom. The summed E-state index contributed by atoms with van der Waals surface area (Å²) in [6.45, 7) is 14.2. The van der Waals surface area contributed by atoms with E-state index >= 15 is 0 Å². The minimum absolute atomic E-state index is 0. The van der Waals surface area contributed by atoms with Crippen LogP contribution in [-0.4, -0.2) is 0 Å². The van der Waals surface area contributed by atoms with Crippen molar-refractivity contribution in [1.29, 1.82) is 0 Å². The van der Waals surface area contributed by atoms with Crippen molar-refractivity contribution in [3.8, 4) is 0 Å². The molecule has 0 aromatic rings. The molecule has 0 aromatic heterocycles. The van der Waals surface area contributed by atoms with Gasteiger partial charge in [0.05, 0.1) is 0 Å². The molecule has 0 atom stereocenters. The molecule has 0 aliphatic heterocycles. The molecule has 0 amide bonds. The smallest absolute Gasteiger partial charge is 0.328 e. The van der Waals surface area contributed by atoms with Crippen LogP contribution in [0.5, 0.6) is 0 Å². The Kier molecular flexibility index (Phi) is 44.8. The van der Waals surface area contributed by atoms with Gasteiger partial charge < -0.3 is 6.42 Å². The molecular formula is C18H38V. The Morgan fingerprint density at radius 2 is 1.26 bits per heavy atom. The fourth-order valence-electron chi connectivity index (χ4n) is 1.58. The minimum Gasteiger partial charge on any atom is -0.328 e. The Labute approximate surface area is 136 Å². The van der Waals surface area contributed by atoms with Gasteiger partial charge in [0.25, 0.3) is 0 Å². The summed E-state index contributed by atoms with van der Waals surface area (Å²) in [4.78, 5) is 0. The minimum atomic E-state index is 0. The van der Waals surface area contributed by atoms with Crippen LogP contribution in [0.2, 0.25) is 0 Å². The van der Waals surface area contributed by atoms with Gasteiger partial charge in [-0.1, -0.05) is 60.8 Å². The summed E-state index contributed by atoms with van der Waals surface area (Å²) in [5, 5.41) is 0. The average Bonchev–Trinajstić information content (AvgIpc) is 2.99. The Morgan fingerprint density at radius 3 is 1.37 bits per heavy atom. The van der Waals surface area contributed by atoms with Crippen molar-refractivity contribution in [2.24, 2.45) is 0 Å². The SMILES string of the molecule is CC.CC.CC.CC1=C[CH-]CC1.[CH-]1CCCCC1.[V+2]. The van der Waals surface area contributed by atoms with Crippen LogP contribution in [0.15, 0.2) is 11.6 Å². The van der Waals surface area contributed by atoms with Crippen molar-refractivity contribution in [2.45, 2.75) is 93.4 Å². The third kappa shape index (κ3) is 27.4. The van der Waals surface area contributed by atoms with Crippen LogP contribution in [0.4, 0.5) is 0 Å². The number of allylic oxidation sites excluding steroid dienone is 2. The van der Waals surface area contributed by atoms with Gasteiger partial charge in [-0.05, 0) is 0 Å². The number of rotatable bonds is 0. The first-order valence-corrected chi connectivity index (χ1v) is 8.20. The summed E-state index contributed by atoms with van der Waals surface area (Å²) in [7, 11) is 0. The molecule has 1 heteroatoms. The maximum Gasteiger partial charge on any atom is 2.00 e. The molecule has 0 aromatic carbocycles. The van der Waals surface area contributed by atoms with Crippen molar-refractivity contribution in [2.75, 3.05) is 0 Å². The number of hydrogen-bond donors (Lipinski definition) is 0. The molecule has 0 spiro atoms. The summed E-state index contributed by atoms with van der Waals surface area (Å²) in [5.41, 5.74) is 1.52. The van der Waals surface area contributed by atoms with Gasteiger partial charge in [-0.25, -0.2) is 18.1 Å². The molecule has 2 aliphatic carbocycles. The van der Waals surface area contributed by atoms with Crippen LogP contribution >= 0.6 is 0 Å². The van der Waals surface area contributed by atoms with Crippen LogP contribution < -0.4 is 0 Å². The fourth-order valence-corrected chi connectivity index (χ4v) is 1.58. The third-order valence-corrected chi connectivity index (χ3v) is 2.42. The second-order valence-corrected chi connectivity index (χ2v) is 3.71. The largest absolute Gasteiger partial charge is 2.00 e. The summed E-state index contributed by atoms with van der Waals surface area (Å²) >= 11 is 0. The molecule has 0 heterocycles. The van der Waals surface area contributed by atoms with Crippen molar-refractivity contribution in [3.63, 3.8) is 0 Å². The van der Waals surface area contributed by atoms with Gasteiger partial charge in [-0.15, -0.1) is 19.8 Å². The van der Waals surface area contributed by atoms with Gasteiger partial charge in [0.2, 0.25) is 0 Å². The summed E-state index contributed by atoms with van der Waals surface area (Å²) < 4.78 is 0. The van der Waals surface area contributed by atoms with E-state index in [1.807, 2.05) is 41.5 Å². The van der Waals surface area contributed by atoms with Crippen LogP contribution in [0.1, 0.15) is 93.4 Å². The van der Waals surface area contributed by atoms with Crippen molar-refractivity contribution >= 4 is 0 Å². The van der Waals surface area contributed by atoms with E-state index in [4.69, 9.17) is 0 Å². The van der Waals surface area contributed by atoms with E-state index < -0.39 is 0 Å². The monoisotopic (exact) mass is 305 g/mol. The molecule has 1 fully saturated rings. The van der Waals surface area contributed by atoms with Gasteiger partial charge in [0.1, 0.15) is 0 Å². The number of hydrogen-bond acceptors (Lipinski definition) is 0. The zero-order chi connectivity index (χ0) is 14.6. The van der Waals surface area contributed by atoms with E-state index in [1.165, 1.54) is 50.5 Å². The predicted octanol–water partition coefficient (Wildman–Crippen LogP) is 7.16. The average molecular weight is 305 g/mol. The van der Waals surface area contributed by atoms with Crippen molar-refractivity contribution in [1.82, 2.24) is 0 Å². The molecule has 115 valence electrons. The van der Waals surface area contributed by atoms with E-state index in [0.29, 0.717) is 0 Å². The van der Waals surface area contributed by atoms with Gasteiger partial charge in [0, 0.05) is 0 Å². The second kappa shape index (κ2) is 30.9. The maximum atomic E-state index is 2.39. The van der Waals surface area contributed by atoms with E-state index in [0.717, 1.165) is 0 Å². The fraction of sp³-hybridized carbons (Fsp3) is 0.778. The standard InChI is InChI=1S/C6H9.C6H11.3C2H6.V/c1-6-4-2-3-5-6;1-2-4-6-5-3-1;3*1-2;/h2,4H,3,5H2,1H3;1H,2-6H2;3*1-2H3;/q2*-1;;;;+2. The molecule has 1 radical (unpaired) electrons. The molecule has 2 aliphatic rings.